The highest BCUT2D eigenvalue weighted by Crippen LogP contribution is 2.15. The lowest BCUT2D eigenvalue weighted by atomic mass is 10.7. The Bertz CT molecular complexity index is 285. The first-order chi connectivity index (χ1) is 4.74. The quantitative estimate of drug-likeness (QED) is 0.471. The largest absolute Gasteiger partial charge is 0.346 e. The number of nitrogens with zero attached hydrogens (tertiary/aromatic N) is 1. The van der Waals surface area contributed by atoms with Gasteiger partial charge in [0, 0.05) is 6.20 Å². The van der Waals surface area contributed by atoms with Crippen LogP contribution in [-0.2, 0) is 0 Å². The van der Waals surface area contributed by atoms with E-state index in [1.807, 2.05) is 6.26 Å². The van der Waals surface area contributed by atoms with E-state index in [0.717, 1.165) is 8.60 Å². The van der Waals surface area contributed by atoms with Gasteiger partial charge in [0.15, 0.2) is 0 Å². The van der Waals surface area contributed by atoms with E-state index >= 15 is 0 Å². The van der Waals surface area contributed by atoms with E-state index < -0.39 is 0 Å². The summed E-state index contributed by atoms with van der Waals surface area (Å²) in [4.78, 5) is 16.8. The Morgan fingerprint density at radius 1 is 1.80 bits per heavy atom. The predicted molar refractivity (Wildman–Crippen MR) is 49.4 cm³/mol. The first-order valence-corrected chi connectivity index (χ1v) is 4.83. The molecule has 1 aromatic heterocycles. The van der Waals surface area contributed by atoms with Gasteiger partial charge in [-0.05, 0) is 28.8 Å². The van der Waals surface area contributed by atoms with Crippen molar-refractivity contribution in [2.45, 2.75) is 5.03 Å². The van der Waals surface area contributed by atoms with Gasteiger partial charge in [-0.3, -0.25) is 0 Å². The van der Waals surface area contributed by atoms with E-state index in [2.05, 4.69) is 32.6 Å². The number of rotatable bonds is 1. The molecule has 1 heterocycles. The standard InChI is InChI=1S/C5H5IN2OS/c1-10-4-3(6)2-7-5(9)8-4/h2H,1H3,(H,7,8,9). The molecule has 0 fully saturated rings. The minimum absolute atomic E-state index is 0.287. The molecule has 0 radical (unpaired) electrons. The van der Waals surface area contributed by atoms with E-state index in [4.69, 9.17) is 0 Å². The Morgan fingerprint density at radius 3 is 3.00 bits per heavy atom. The van der Waals surface area contributed by atoms with Crippen LogP contribution in [0, 0.1) is 3.57 Å². The lowest BCUT2D eigenvalue weighted by Crippen LogP contribution is -2.10. The number of nitrogens with one attached hydrogen (secondary N) is 1. The molecule has 0 aromatic carbocycles. The van der Waals surface area contributed by atoms with Gasteiger partial charge >= 0.3 is 5.69 Å². The third-order valence-corrected chi connectivity index (χ3v) is 2.81. The summed E-state index contributed by atoms with van der Waals surface area (Å²) in [5.74, 6) is 0. The van der Waals surface area contributed by atoms with Gasteiger partial charge in [0.05, 0.1) is 3.57 Å². The van der Waals surface area contributed by atoms with Gasteiger partial charge in [-0.15, -0.1) is 11.8 Å². The molecule has 0 aliphatic carbocycles. The summed E-state index contributed by atoms with van der Waals surface area (Å²) < 4.78 is 0.977. The average molecular weight is 268 g/mol. The van der Waals surface area contributed by atoms with Crippen LogP contribution in [0.3, 0.4) is 0 Å². The van der Waals surface area contributed by atoms with Crippen LogP contribution in [0.2, 0.25) is 0 Å². The van der Waals surface area contributed by atoms with Crippen molar-refractivity contribution in [3.63, 3.8) is 0 Å². The summed E-state index contributed by atoms with van der Waals surface area (Å²) in [5, 5.41) is 0.782. The number of halogens is 1. The van der Waals surface area contributed by atoms with E-state index in [1.54, 1.807) is 6.20 Å². The molecular formula is C5H5IN2OS. The van der Waals surface area contributed by atoms with Gasteiger partial charge in [0.2, 0.25) is 0 Å². The smallest absolute Gasteiger partial charge is 0.312 e. The Labute approximate surface area is 75.8 Å². The molecule has 3 nitrogen and oxygen atoms in total. The molecule has 0 aliphatic rings. The summed E-state index contributed by atoms with van der Waals surface area (Å²) >= 11 is 3.59. The molecule has 1 N–H and O–H groups in total. The van der Waals surface area contributed by atoms with E-state index in [0.29, 0.717) is 0 Å². The first-order valence-electron chi connectivity index (χ1n) is 2.53. The fourth-order valence-corrected chi connectivity index (χ4v) is 1.87. The van der Waals surface area contributed by atoms with Crippen molar-refractivity contribution < 1.29 is 0 Å². The van der Waals surface area contributed by atoms with Crippen LogP contribution in [0.15, 0.2) is 16.0 Å². The van der Waals surface area contributed by atoms with Gasteiger partial charge in [-0.25, -0.2) is 4.79 Å². The third kappa shape index (κ3) is 1.72. The summed E-state index contributed by atoms with van der Waals surface area (Å²) in [5.41, 5.74) is -0.287. The van der Waals surface area contributed by atoms with Crippen molar-refractivity contribution >= 4 is 34.4 Å². The van der Waals surface area contributed by atoms with Crippen LogP contribution in [0.25, 0.3) is 0 Å². The van der Waals surface area contributed by atoms with E-state index in [-0.39, 0.29) is 5.69 Å². The maximum atomic E-state index is 10.6. The molecule has 1 rings (SSSR count). The van der Waals surface area contributed by atoms with Crippen molar-refractivity contribution in [1.82, 2.24) is 9.97 Å². The molecule has 1 aromatic rings. The fraction of sp³-hybridized carbons (Fsp3) is 0.200. The zero-order valence-corrected chi connectivity index (χ0v) is 8.19. The van der Waals surface area contributed by atoms with Gasteiger partial charge in [-0.2, -0.15) is 4.98 Å². The average Bonchev–Trinajstić information content (AvgIpc) is 1.94. The summed E-state index contributed by atoms with van der Waals surface area (Å²) in [6.45, 7) is 0. The Kier molecular flexibility index (Phi) is 2.72. The molecule has 5 heteroatoms. The first kappa shape index (κ1) is 8.06. The second-order valence-corrected chi connectivity index (χ2v) is 3.52. The second-order valence-electron chi connectivity index (χ2n) is 1.56. The Balaban J connectivity index is 3.22. The van der Waals surface area contributed by atoms with Crippen LogP contribution in [0.1, 0.15) is 0 Å². The lowest BCUT2D eigenvalue weighted by molar-refractivity contribution is 0.962. The molecule has 0 spiro atoms. The maximum Gasteiger partial charge on any atom is 0.346 e. The number of hydrogen-bond acceptors (Lipinski definition) is 3. The van der Waals surface area contributed by atoms with Crippen molar-refractivity contribution in [1.29, 1.82) is 0 Å². The number of H-pyrrole nitrogens is 1. The summed E-state index contributed by atoms with van der Waals surface area (Å²) in [7, 11) is 0. The normalized spacial score (nSPS) is 9.80. The molecule has 54 valence electrons. The lowest BCUT2D eigenvalue weighted by Gasteiger charge is -1.94. The van der Waals surface area contributed by atoms with E-state index in [9.17, 15) is 4.79 Å². The predicted octanol–water partition coefficient (Wildman–Crippen LogP) is 1.10. The van der Waals surface area contributed by atoms with Gasteiger partial charge in [-0.1, -0.05) is 0 Å². The highest BCUT2D eigenvalue weighted by Gasteiger charge is 1.98. The third-order valence-electron chi connectivity index (χ3n) is 0.923. The summed E-state index contributed by atoms with van der Waals surface area (Å²) in [6.07, 6.45) is 3.55. The highest BCUT2D eigenvalue weighted by atomic mass is 127. The van der Waals surface area contributed by atoms with Crippen LogP contribution >= 0.6 is 34.4 Å². The van der Waals surface area contributed by atoms with E-state index in [1.165, 1.54) is 11.8 Å². The van der Waals surface area contributed by atoms with Gasteiger partial charge in [0.1, 0.15) is 5.03 Å². The minimum atomic E-state index is -0.287. The molecule has 0 bridgehead atoms. The molecule has 0 amide bonds. The maximum absolute atomic E-state index is 10.6. The van der Waals surface area contributed by atoms with Gasteiger partial charge in [0.25, 0.3) is 0 Å². The minimum Gasteiger partial charge on any atom is -0.312 e. The van der Waals surface area contributed by atoms with Crippen LogP contribution in [0.5, 0.6) is 0 Å². The van der Waals surface area contributed by atoms with Crippen molar-refractivity contribution in [3.05, 3.63) is 20.3 Å². The number of aromatic nitrogens is 2. The topological polar surface area (TPSA) is 45.8 Å². The molecule has 0 saturated carbocycles. The zero-order valence-electron chi connectivity index (χ0n) is 5.22. The second kappa shape index (κ2) is 3.38. The Hall–Kier alpha value is -0.0400. The molecule has 0 unspecified atom stereocenters. The molecule has 0 saturated heterocycles. The van der Waals surface area contributed by atoms with Crippen LogP contribution in [0.4, 0.5) is 0 Å². The SMILES string of the molecule is CSc1nc(=O)[nH]cc1I. The fourth-order valence-electron chi connectivity index (χ4n) is 0.508. The zero-order chi connectivity index (χ0) is 7.56. The highest BCUT2D eigenvalue weighted by molar-refractivity contribution is 14.1. The summed E-state index contributed by atoms with van der Waals surface area (Å²) in [6, 6.07) is 0. The molecule has 0 atom stereocenters. The molecule has 10 heavy (non-hydrogen) atoms. The van der Waals surface area contributed by atoms with Gasteiger partial charge < -0.3 is 4.98 Å². The number of thioether (sulfide) groups is 1. The van der Waals surface area contributed by atoms with Crippen molar-refractivity contribution in [3.8, 4) is 0 Å². The van der Waals surface area contributed by atoms with Crippen molar-refractivity contribution in [2.24, 2.45) is 0 Å². The van der Waals surface area contributed by atoms with Crippen LogP contribution in [-0.4, -0.2) is 16.2 Å². The number of hydrogen-bond donors (Lipinski definition) is 1. The van der Waals surface area contributed by atoms with Crippen LogP contribution < -0.4 is 5.69 Å². The monoisotopic (exact) mass is 268 g/mol. The molecule has 0 aliphatic heterocycles. The molecular weight excluding hydrogens is 263 g/mol. The number of aromatic amines is 1. The van der Waals surface area contributed by atoms with Crippen molar-refractivity contribution in [2.75, 3.05) is 6.26 Å². The Morgan fingerprint density at radius 2 is 2.50 bits per heavy atom.